The molecule has 1 aromatic rings. The van der Waals surface area contributed by atoms with Crippen molar-refractivity contribution in [3.63, 3.8) is 0 Å². The van der Waals surface area contributed by atoms with Crippen LogP contribution in [0.2, 0.25) is 0 Å². The Balaban J connectivity index is 2.72. The van der Waals surface area contributed by atoms with Crippen molar-refractivity contribution >= 4 is 5.97 Å². The molecule has 0 aromatic heterocycles. The lowest BCUT2D eigenvalue weighted by Crippen LogP contribution is -2.05. The topological polar surface area (TPSA) is 55.8 Å². The maximum atomic E-state index is 11.8. The van der Waals surface area contributed by atoms with Crippen LogP contribution < -0.4 is 4.74 Å². The quantitative estimate of drug-likeness (QED) is 0.835. The number of carboxylic acid groups (broad SMARTS) is 1. The summed E-state index contributed by atoms with van der Waals surface area (Å²) in [5.41, 5.74) is 0.595. The van der Waals surface area contributed by atoms with Gasteiger partial charge >= 0.3 is 5.97 Å². The Labute approximate surface area is 96.8 Å². The van der Waals surface area contributed by atoms with Gasteiger partial charge in [-0.2, -0.15) is 0 Å². The van der Waals surface area contributed by atoms with Crippen LogP contribution in [0.3, 0.4) is 0 Å². The first-order chi connectivity index (χ1) is 8.04. The number of rotatable bonds is 6. The van der Waals surface area contributed by atoms with Crippen LogP contribution in [0.5, 0.6) is 5.75 Å². The minimum atomic E-state index is -2.52. The average Bonchev–Trinajstić information content (AvgIpc) is 2.28. The molecule has 6 heteroatoms. The van der Waals surface area contributed by atoms with E-state index < -0.39 is 19.0 Å². The third-order valence-corrected chi connectivity index (χ3v) is 2.01. The van der Waals surface area contributed by atoms with Crippen LogP contribution in [0.1, 0.15) is 15.9 Å². The molecule has 0 fully saturated rings. The number of alkyl halides is 2. The van der Waals surface area contributed by atoms with E-state index in [0.29, 0.717) is 5.56 Å². The molecule has 0 spiro atoms. The van der Waals surface area contributed by atoms with Crippen molar-refractivity contribution in [1.82, 2.24) is 0 Å². The first kappa shape index (κ1) is 13.4. The van der Waals surface area contributed by atoms with E-state index in [9.17, 15) is 13.6 Å². The summed E-state index contributed by atoms with van der Waals surface area (Å²) >= 11 is 0. The van der Waals surface area contributed by atoms with Crippen LogP contribution in [-0.4, -0.2) is 31.2 Å². The van der Waals surface area contributed by atoms with Gasteiger partial charge in [-0.25, -0.2) is 13.6 Å². The molecular formula is C11H12F2O4. The van der Waals surface area contributed by atoms with Gasteiger partial charge in [0.1, 0.15) is 17.9 Å². The molecule has 0 saturated heterocycles. The molecule has 4 nitrogen and oxygen atoms in total. The molecule has 0 unspecified atom stereocenters. The predicted molar refractivity (Wildman–Crippen MR) is 55.6 cm³/mol. The standard InChI is InChI=1S/C11H12F2O4/c1-16-9-4-7(5-17-6-10(12)13)2-3-8(9)11(14)15/h2-4,10H,5-6H2,1H3,(H,14,15). The maximum absolute atomic E-state index is 11.8. The van der Waals surface area contributed by atoms with E-state index in [2.05, 4.69) is 0 Å². The van der Waals surface area contributed by atoms with Crippen LogP contribution in [0, 0.1) is 0 Å². The smallest absolute Gasteiger partial charge is 0.339 e. The molecule has 1 aromatic carbocycles. The fourth-order valence-corrected chi connectivity index (χ4v) is 1.27. The summed E-state index contributed by atoms with van der Waals surface area (Å²) in [6, 6.07) is 4.30. The molecule has 0 aliphatic carbocycles. The zero-order chi connectivity index (χ0) is 12.8. The van der Waals surface area contributed by atoms with Gasteiger partial charge in [-0.05, 0) is 17.7 Å². The zero-order valence-corrected chi connectivity index (χ0v) is 9.15. The summed E-state index contributed by atoms with van der Waals surface area (Å²) in [7, 11) is 1.34. The lowest BCUT2D eigenvalue weighted by molar-refractivity contribution is 0.00984. The van der Waals surface area contributed by atoms with Gasteiger partial charge in [-0.15, -0.1) is 0 Å². The highest BCUT2D eigenvalue weighted by Gasteiger charge is 2.11. The van der Waals surface area contributed by atoms with E-state index in [0.717, 1.165) is 0 Å². The largest absolute Gasteiger partial charge is 0.496 e. The molecule has 0 aliphatic rings. The van der Waals surface area contributed by atoms with E-state index in [4.69, 9.17) is 14.6 Å². The number of carbonyl (C=O) groups is 1. The first-order valence-electron chi connectivity index (χ1n) is 4.80. The second kappa shape index (κ2) is 6.15. The van der Waals surface area contributed by atoms with Gasteiger partial charge in [0.2, 0.25) is 0 Å². The molecule has 0 aliphatic heterocycles. The van der Waals surface area contributed by atoms with Crippen molar-refractivity contribution in [3.05, 3.63) is 29.3 Å². The number of hydrogen-bond acceptors (Lipinski definition) is 3. The summed E-state index contributed by atoms with van der Waals surface area (Å²) in [6.07, 6.45) is -2.52. The van der Waals surface area contributed by atoms with E-state index in [1.807, 2.05) is 0 Å². The van der Waals surface area contributed by atoms with Gasteiger partial charge < -0.3 is 14.6 Å². The Bertz CT molecular complexity index is 393. The Hall–Kier alpha value is -1.69. The van der Waals surface area contributed by atoms with Gasteiger partial charge in [0, 0.05) is 0 Å². The molecule has 0 radical (unpaired) electrons. The van der Waals surface area contributed by atoms with Gasteiger partial charge in [0.05, 0.1) is 13.7 Å². The van der Waals surface area contributed by atoms with Crippen LogP contribution in [0.25, 0.3) is 0 Å². The number of benzene rings is 1. The summed E-state index contributed by atoms with van der Waals surface area (Å²) in [5, 5.41) is 8.83. The molecule has 17 heavy (non-hydrogen) atoms. The van der Waals surface area contributed by atoms with Gasteiger partial charge in [-0.3, -0.25) is 0 Å². The molecule has 1 rings (SSSR count). The van der Waals surface area contributed by atoms with E-state index in [1.165, 1.54) is 25.3 Å². The maximum Gasteiger partial charge on any atom is 0.339 e. The minimum absolute atomic E-state index is 0.0133. The normalized spacial score (nSPS) is 10.6. The summed E-state index contributed by atoms with van der Waals surface area (Å²) < 4.78 is 33.3. The van der Waals surface area contributed by atoms with Crippen molar-refractivity contribution in [2.24, 2.45) is 0 Å². The van der Waals surface area contributed by atoms with Gasteiger partial charge in [-0.1, -0.05) is 6.07 Å². The first-order valence-corrected chi connectivity index (χ1v) is 4.80. The lowest BCUT2D eigenvalue weighted by Gasteiger charge is -2.08. The van der Waals surface area contributed by atoms with Crippen molar-refractivity contribution in [3.8, 4) is 5.75 Å². The van der Waals surface area contributed by atoms with Crippen LogP contribution in [0.4, 0.5) is 8.78 Å². The molecule has 0 saturated carbocycles. The van der Waals surface area contributed by atoms with Crippen molar-refractivity contribution < 1.29 is 28.2 Å². The van der Waals surface area contributed by atoms with Gasteiger partial charge in [0.15, 0.2) is 0 Å². The third-order valence-electron chi connectivity index (χ3n) is 2.01. The average molecular weight is 246 g/mol. The van der Waals surface area contributed by atoms with E-state index in [-0.39, 0.29) is 17.9 Å². The molecule has 0 atom stereocenters. The van der Waals surface area contributed by atoms with E-state index in [1.54, 1.807) is 0 Å². The predicted octanol–water partition coefficient (Wildman–Crippen LogP) is 2.18. The number of aromatic carboxylic acids is 1. The summed E-state index contributed by atoms with van der Waals surface area (Å²) in [5.74, 6) is -0.933. The molecule has 0 bridgehead atoms. The molecule has 94 valence electrons. The fraction of sp³-hybridized carbons (Fsp3) is 0.364. The number of halogens is 2. The summed E-state index contributed by atoms with van der Waals surface area (Å²) in [6.45, 7) is -0.663. The lowest BCUT2D eigenvalue weighted by atomic mass is 10.1. The molecular weight excluding hydrogens is 234 g/mol. The van der Waals surface area contributed by atoms with Crippen LogP contribution in [0.15, 0.2) is 18.2 Å². The zero-order valence-electron chi connectivity index (χ0n) is 9.15. The van der Waals surface area contributed by atoms with Crippen molar-refractivity contribution in [2.75, 3.05) is 13.7 Å². The molecule has 1 N–H and O–H groups in total. The Morgan fingerprint density at radius 3 is 2.71 bits per heavy atom. The molecule has 0 heterocycles. The highest BCUT2D eigenvalue weighted by molar-refractivity contribution is 5.90. The van der Waals surface area contributed by atoms with Gasteiger partial charge in [0.25, 0.3) is 6.43 Å². The SMILES string of the molecule is COc1cc(COCC(F)F)ccc1C(=O)O. The van der Waals surface area contributed by atoms with Crippen LogP contribution in [-0.2, 0) is 11.3 Å². The van der Waals surface area contributed by atoms with Crippen molar-refractivity contribution in [2.45, 2.75) is 13.0 Å². The van der Waals surface area contributed by atoms with Crippen LogP contribution >= 0.6 is 0 Å². The Morgan fingerprint density at radius 2 is 2.18 bits per heavy atom. The highest BCUT2D eigenvalue weighted by Crippen LogP contribution is 2.20. The van der Waals surface area contributed by atoms with Crippen molar-refractivity contribution in [1.29, 1.82) is 0 Å². The van der Waals surface area contributed by atoms with E-state index >= 15 is 0 Å². The minimum Gasteiger partial charge on any atom is -0.496 e. The highest BCUT2D eigenvalue weighted by atomic mass is 19.3. The monoisotopic (exact) mass is 246 g/mol. The Morgan fingerprint density at radius 1 is 1.47 bits per heavy atom. The number of hydrogen-bond donors (Lipinski definition) is 1. The number of methoxy groups -OCH3 is 1. The second-order valence-corrected chi connectivity index (χ2v) is 3.25. The number of carboxylic acids is 1. The Kier molecular flexibility index (Phi) is 4.84. The fourth-order valence-electron chi connectivity index (χ4n) is 1.27. The number of ether oxygens (including phenoxy) is 2. The summed E-state index contributed by atoms with van der Waals surface area (Å²) in [4.78, 5) is 10.8. The molecule has 0 amide bonds. The third kappa shape index (κ3) is 3.99. The second-order valence-electron chi connectivity index (χ2n) is 3.25.